The highest BCUT2D eigenvalue weighted by atomic mass is 28.4. The molecule has 3 heteroatoms. The van der Waals surface area contributed by atoms with E-state index in [2.05, 4.69) is 20.8 Å². The van der Waals surface area contributed by atoms with Gasteiger partial charge in [-0.3, -0.25) is 0 Å². The molecule has 2 nitrogen and oxygen atoms in total. The molecule has 0 amide bonds. The Bertz CT molecular complexity index is 118. The average Bonchev–Trinajstić information content (AvgIpc) is 2.01. The number of hydrogen-bond donors (Lipinski definition) is 0. The maximum Gasteiger partial charge on any atom is 0.271 e. The third-order valence-corrected chi connectivity index (χ3v) is 6.59. The van der Waals surface area contributed by atoms with Gasteiger partial charge in [0.1, 0.15) is 0 Å². The molecule has 0 fully saturated rings. The standard InChI is InChI=1S/C7H15NOSi/c1-4-10(5-2,6-3)9-7-8/h4-6H2,1-3H3. The monoisotopic (exact) mass is 157 g/mol. The van der Waals surface area contributed by atoms with Gasteiger partial charge in [0.15, 0.2) is 0 Å². The quantitative estimate of drug-likeness (QED) is 0.464. The first kappa shape index (κ1) is 9.51. The molecule has 0 heterocycles. The maximum absolute atomic E-state index is 8.36. The predicted octanol–water partition coefficient (Wildman–Crippen LogP) is 2.49. The van der Waals surface area contributed by atoms with Crippen LogP contribution in [0, 0.1) is 11.5 Å². The van der Waals surface area contributed by atoms with E-state index in [-0.39, 0.29) is 0 Å². The van der Waals surface area contributed by atoms with Crippen LogP contribution in [0.3, 0.4) is 0 Å². The molecule has 0 saturated heterocycles. The van der Waals surface area contributed by atoms with Crippen molar-refractivity contribution in [3.8, 4) is 6.26 Å². The van der Waals surface area contributed by atoms with Crippen LogP contribution in [-0.2, 0) is 4.43 Å². The topological polar surface area (TPSA) is 33.0 Å². The lowest BCUT2D eigenvalue weighted by atomic mass is 10.9. The summed E-state index contributed by atoms with van der Waals surface area (Å²) >= 11 is 0. The van der Waals surface area contributed by atoms with Crippen LogP contribution < -0.4 is 0 Å². The number of hydrogen-bond acceptors (Lipinski definition) is 2. The van der Waals surface area contributed by atoms with Crippen LogP contribution in [0.5, 0.6) is 0 Å². The molecule has 0 spiro atoms. The number of nitrogens with zero attached hydrogens (tertiary/aromatic N) is 1. The largest absolute Gasteiger partial charge is 0.482 e. The van der Waals surface area contributed by atoms with E-state index in [9.17, 15) is 0 Å². The molecule has 0 aliphatic heterocycles. The van der Waals surface area contributed by atoms with E-state index in [1.165, 1.54) is 0 Å². The predicted molar refractivity (Wildman–Crippen MR) is 43.9 cm³/mol. The van der Waals surface area contributed by atoms with E-state index in [0.717, 1.165) is 18.1 Å². The molecule has 0 aromatic rings. The van der Waals surface area contributed by atoms with Gasteiger partial charge in [0.25, 0.3) is 14.6 Å². The SMILES string of the molecule is CC[Si](CC)(CC)OC#N. The zero-order chi connectivity index (χ0) is 8.04. The van der Waals surface area contributed by atoms with Gasteiger partial charge in [0, 0.05) is 0 Å². The van der Waals surface area contributed by atoms with Crippen LogP contribution >= 0.6 is 0 Å². The fraction of sp³-hybridized carbons (Fsp3) is 0.857. The average molecular weight is 157 g/mol. The Morgan fingerprint density at radius 3 is 1.70 bits per heavy atom. The normalized spacial score (nSPS) is 10.6. The van der Waals surface area contributed by atoms with Gasteiger partial charge in [-0.25, -0.2) is 0 Å². The molecule has 0 unspecified atom stereocenters. The van der Waals surface area contributed by atoms with E-state index >= 15 is 0 Å². The van der Waals surface area contributed by atoms with E-state index in [1.54, 1.807) is 0 Å². The lowest BCUT2D eigenvalue weighted by Gasteiger charge is -2.22. The Kier molecular flexibility index (Phi) is 4.13. The third-order valence-electron chi connectivity index (χ3n) is 2.20. The minimum Gasteiger partial charge on any atom is -0.482 e. The fourth-order valence-corrected chi connectivity index (χ4v) is 3.19. The first-order valence-corrected chi connectivity index (χ1v) is 6.34. The second-order valence-electron chi connectivity index (χ2n) is 2.44. The zero-order valence-electron chi connectivity index (χ0n) is 6.98. The van der Waals surface area contributed by atoms with E-state index < -0.39 is 8.32 Å². The van der Waals surface area contributed by atoms with Crippen molar-refractivity contribution in [2.24, 2.45) is 0 Å². The number of nitriles is 1. The molecule has 0 aliphatic carbocycles. The minimum absolute atomic E-state index is 1.05. The van der Waals surface area contributed by atoms with Crippen molar-refractivity contribution in [1.82, 2.24) is 0 Å². The van der Waals surface area contributed by atoms with Crippen molar-refractivity contribution < 1.29 is 4.43 Å². The number of rotatable bonds is 4. The second kappa shape index (κ2) is 4.34. The molecular formula is C7H15NOSi. The zero-order valence-corrected chi connectivity index (χ0v) is 7.98. The Morgan fingerprint density at radius 1 is 1.20 bits per heavy atom. The molecule has 0 rings (SSSR count). The van der Waals surface area contributed by atoms with Gasteiger partial charge in [0.2, 0.25) is 0 Å². The van der Waals surface area contributed by atoms with Crippen LogP contribution in [0.4, 0.5) is 0 Å². The minimum atomic E-state index is -1.58. The van der Waals surface area contributed by atoms with Crippen molar-refractivity contribution in [1.29, 1.82) is 5.26 Å². The molecule has 10 heavy (non-hydrogen) atoms. The fourth-order valence-electron chi connectivity index (χ4n) is 1.06. The first-order chi connectivity index (χ1) is 4.74. The first-order valence-electron chi connectivity index (χ1n) is 3.81. The van der Waals surface area contributed by atoms with Gasteiger partial charge in [-0.1, -0.05) is 20.8 Å². The summed E-state index contributed by atoms with van der Waals surface area (Å²) in [6, 6.07) is 3.15. The summed E-state index contributed by atoms with van der Waals surface area (Å²) in [4.78, 5) is 0. The van der Waals surface area contributed by atoms with Crippen molar-refractivity contribution in [3.05, 3.63) is 0 Å². The van der Waals surface area contributed by atoms with Crippen LogP contribution in [0.15, 0.2) is 0 Å². The maximum atomic E-state index is 8.36. The van der Waals surface area contributed by atoms with Crippen LogP contribution in [0.25, 0.3) is 0 Å². The van der Waals surface area contributed by atoms with Crippen LogP contribution in [0.1, 0.15) is 20.8 Å². The summed E-state index contributed by atoms with van der Waals surface area (Å²) < 4.78 is 5.12. The molecule has 0 bridgehead atoms. The van der Waals surface area contributed by atoms with Gasteiger partial charge in [0.05, 0.1) is 0 Å². The van der Waals surface area contributed by atoms with Gasteiger partial charge in [-0.05, 0) is 18.1 Å². The molecule has 0 atom stereocenters. The lowest BCUT2D eigenvalue weighted by Crippen LogP contribution is -2.33. The molecular weight excluding hydrogens is 142 g/mol. The highest BCUT2D eigenvalue weighted by Gasteiger charge is 2.30. The van der Waals surface area contributed by atoms with Gasteiger partial charge in [-0.2, -0.15) is 5.26 Å². The Balaban J connectivity index is 4.04. The van der Waals surface area contributed by atoms with E-state index in [0.29, 0.717) is 0 Å². The summed E-state index contributed by atoms with van der Waals surface area (Å²) in [6.45, 7) is 6.32. The third kappa shape index (κ3) is 2.03. The molecule has 0 N–H and O–H groups in total. The van der Waals surface area contributed by atoms with Gasteiger partial charge < -0.3 is 4.43 Å². The summed E-state index contributed by atoms with van der Waals surface area (Å²) in [6.07, 6.45) is 1.82. The van der Waals surface area contributed by atoms with Crippen molar-refractivity contribution in [2.75, 3.05) is 0 Å². The van der Waals surface area contributed by atoms with Crippen LogP contribution in [-0.4, -0.2) is 8.32 Å². The van der Waals surface area contributed by atoms with Gasteiger partial charge >= 0.3 is 0 Å². The molecule has 0 aliphatic rings. The Hall–Kier alpha value is -0.493. The molecule has 0 aromatic carbocycles. The smallest absolute Gasteiger partial charge is 0.271 e. The molecule has 0 aromatic heterocycles. The van der Waals surface area contributed by atoms with E-state index in [1.807, 2.05) is 6.26 Å². The lowest BCUT2D eigenvalue weighted by molar-refractivity contribution is 0.483. The van der Waals surface area contributed by atoms with Gasteiger partial charge in [-0.15, -0.1) is 0 Å². The molecule has 0 radical (unpaired) electrons. The highest BCUT2D eigenvalue weighted by molar-refractivity contribution is 6.73. The second-order valence-corrected chi connectivity index (χ2v) is 7.13. The molecule has 0 saturated carbocycles. The molecule has 58 valence electrons. The van der Waals surface area contributed by atoms with Crippen molar-refractivity contribution in [3.63, 3.8) is 0 Å². The van der Waals surface area contributed by atoms with E-state index in [4.69, 9.17) is 9.69 Å². The van der Waals surface area contributed by atoms with Crippen LogP contribution in [0.2, 0.25) is 18.1 Å². The van der Waals surface area contributed by atoms with Crippen molar-refractivity contribution >= 4 is 8.32 Å². The Labute approximate surface area is 63.9 Å². The highest BCUT2D eigenvalue weighted by Crippen LogP contribution is 2.20. The Morgan fingerprint density at radius 2 is 1.60 bits per heavy atom. The summed E-state index contributed by atoms with van der Waals surface area (Å²) in [5.41, 5.74) is 0. The summed E-state index contributed by atoms with van der Waals surface area (Å²) in [5.74, 6) is 0. The summed E-state index contributed by atoms with van der Waals surface area (Å²) in [7, 11) is -1.58. The van der Waals surface area contributed by atoms with Crippen molar-refractivity contribution in [2.45, 2.75) is 38.9 Å². The summed E-state index contributed by atoms with van der Waals surface area (Å²) in [5, 5.41) is 8.36.